The number of alkyl halides is 3. The number of halogens is 3. The van der Waals surface area contributed by atoms with E-state index in [0.717, 1.165) is 17.7 Å². The summed E-state index contributed by atoms with van der Waals surface area (Å²) >= 11 is 0. The smallest absolute Gasteiger partial charge is 0.416 e. The Bertz CT molecular complexity index is 429. The van der Waals surface area contributed by atoms with Gasteiger partial charge in [-0.1, -0.05) is 12.1 Å². The second-order valence-corrected chi connectivity index (χ2v) is 4.75. The molecule has 6 heteroatoms. The van der Waals surface area contributed by atoms with Crippen molar-refractivity contribution in [2.45, 2.75) is 38.4 Å². The molecule has 0 fully saturated rings. The van der Waals surface area contributed by atoms with E-state index in [1.165, 1.54) is 12.1 Å². The molecular formula is C14H18F3NO2. The number of carboxylic acids is 1. The number of benzene rings is 1. The molecule has 0 heterocycles. The first-order chi connectivity index (χ1) is 9.29. The predicted octanol–water partition coefficient (Wildman–Crippen LogP) is 3.09. The molecule has 0 bridgehead atoms. The fraction of sp³-hybridized carbons (Fsp3) is 0.500. The highest BCUT2D eigenvalue weighted by Crippen LogP contribution is 2.29. The van der Waals surface area contributed by atoms with E-state index < -0.39 is 17.7 Å². The SMILES string of the molecule is CC(Cc1ccc(C(F)(F)F)cc1)NCCCC(=O)O. The molecule has 0 aromatic heterocycles. The van der Waals surface area contributed by atoms with Crippen molar-refractivity contribution in [3.05, 3.63) is 35.4 Å². The van der Waals surface area contributed by atoms with Crippen molar-refractivity contribution in [2.24, 2.45) is 0 Å². The van der Waals surface area contributed by atoms with Gasteiger partial charge in [-0.2, -0.15) is 13.2 Å². The molecule has 0 aliphatic carbocycles. The summed E-state index contributed by atoms with van der Waals surface area (Å²) in [6.45, 7) is 2.49. The zero-order valence-corrected chi connectivity index (χ0v) is 11.2. The van der Waals surface area contributed by atoms with Crippen LogP contribution in [0.4, 0.5) is 13.2 Å². The zero-order chi connectivity index (χ0) is 15.2. The van der Waals surface area contributed by atoms with Gasteiger partial charge in [0, 0.05) is 12.5 Å². The first kappa shape index (κ1) is 16.5. The van der Waals surface area contributed by atoms with Crippen molar-refractivity contribution >= 4 is 5.97 Å². The predicted molar refractivity (Wildman–Crippen MR) is 69.5 cm³/mol. The highest BCUT2D eigenvalue weighted by Gasteiger charge is 2.29. The van der Waals surface area contributed by atoms with Crippen LogP contribution in [0.2, 0.25) is 0 Å². The summed E-state index contributed by atoms with van der Waals surface area (Å²) in [6.07, 6.45) is -3.06. The molecular weight excluding hydrogens is 271 g/mol. The third kappa shape index (κ3) is 6.06. The molecule has 0 spiro atoms. The van der Waals surface area contributed by atoms with Gasteiger partial charge in [0.2, 0.25) is 0 Å². The summed E-state index contributed by atoms with van der Waals surface area (Å²) in [7, 11) is 0. The maximum atomic E-state index is 12.4. The van der Waals surface area contributed by atoms with Gasteiger partial charge in [-0.3, -0.25) is 4.79 Å². The summed E-state index contributed by atoms with van der Waals surface area (Å²) in [4.78, 5) is 10.3. The maximum Gasteiger partial charge on any atom is 0.416 e. The molecule has 2 N–H and O–H groups in total. The molecule has 3 nitrogen and oxygen atoms in total. The van der Waals surface area contributed by atoms with Crippen molar-refractivity contribution in [1.82, 2.24) is 5.32 Å². The number of aliphatic carboxylic acids is 1. The van der Waals surface area contributed by atoms with Crippen LogP contribution >= 0.6 is 0 Å². The molecule has 1 aromatic carbocycles. The van der Waals surface area contributed by atoms with E-state index >= 15 is 0 Å². The van der Waals surface area contributed by atoms with Gasteiger partial charge in [0.15, 0.2) is 0 Å². The third-order valence-electron chi connectivity index (χ3n) is 2.88. The minimum atomic E-state index is -4.31. The van der Waals surface area contributed by atoms with E-state index in [1.807, 2.05) is 6.92 Å². The van der Waals surface area contributed by atoms with E-state index in [4.69, 9.17) is 5.11 Å². The zero-order valence-electron chi connectivity index (χ0n) is 11.2. The molecule has 112 valence electrons. The summed E-state index contributed by atoms with van der Waals surface area (Å²) < 4.78 is 37.2. The minimum Gasteiger partial charge on any atom is -0.481 e. The lowest BCUT2D eigenvalue weighted by molar-refractivity contribution is -0.138. The fourth-order valence-corrected chi connectivity index (χ4v) is 1.84. The lowest BCUT2D eigenvalue weighted by Gasteiger charge is -2.14. The Morgan fingerprint density at radius 3 is 2.40 bits per heavy atom. The van der Waals surface area contributed by atoms with Gasteiger partial charge < -0.3 is 10.4 Å². The first-order valence-corrected chi connectivity index (χ1v) is 6.40. The van der Waals surface area contributed by atoms with E-state index in [-0.39, 0.29) is 12.5 Å². The molecule has 0 aliphatic rings. The molecule has 0 saturated heterocycles. The van der Waals surface area contributed by atoms with Gasteiger partial charge in [-0.25, -0.2) is 0 Å². The average Bonchev–Trinajstić information content (AvgIpc) is 2.34. The Hall–Kier alpha value is -1.56. The highest BCUT2D eigenvalue weighted by molar-refractivity contribution is 5.66. The van der Waals surface area contributed by atoms with Gasteiger partial charge in [0.05, 0.1) is 5.56 Å². The molecule has 20 heavy (non-hydrogen) atoms. The van der Waals surface area contributed by atoms with Crippen LogP contribution in [0.5, 0.6) is 0 Å². The topological polar surface area (TPSA) is 49.3 Å². The van der Waals surface area contributed by atoms with Gasteiger partial charge in [0.25, 0.3) is 0 Å². The van der Waals surface area contributed by atoms with E-state index in [9.17, 15) is 18.0 Å². The Morgan fingerprint density at radius 1 is 1.30 bits per heavy atom. The average molecular weight is 289 g/mol. The lowest BCUT2D eigenvalue weighted by Crippen LogP contribution is -2.29. The summed E-state index contributed by atoms with van der Waals surface area (Å²) in [6, 6.07) is 5.18. The largest absolute Gasteiger partial charge is 0.481 e. The Balaban J connectivity index is 2.38. The quantitative estimate of drug-likeness (QED) is 0.758. The van der Waals surface area contributed by atoms with E-state index in [0.29, 0.717) is 19.4 Å². The van der Waals surface area contributed by atoms with Crippen LogP contribution in [0.15, 0.2) is 24.3 Å². The van der Waals surface area contributed by atoms with Crippen LogP contribution in [0, 0.1) is 0 Å². The van der Waals surface area contributed by atoms with Crippen molar-refractivity contribution in [1.29, 1.82) is 0 Å². The van der Waals surface area contributed by atoms with Crippen molar-refractivity contribution in [3.63, 3.8) is 0 Å². The summed E-state index contributed by atoms with van der Waals surface area (Å²) in [5.41, 5.74) is 0.166. The second-order valence-electron chi connectivity index (χ2n) is 4.75. The van der Waals surface area contributed by atoms with Crippen LogP contribution in [0.3, 0.4) is 0 Å². The molecule has 1 aromatic rings. The van der Waals surface area contributed by atoms with Gasteiger partial charge >= 0.3 is 12.1 Å². The van der Waals surface area contributed by atoms with Crippen molar-refractivity contribution in [2.75, 3.05) is 6.54 Å². The van der Waals surface area contributed by atoms with Crippen LogP contribution in [-0.2, 0) is 17.4 Å². The third-order valence-corrected chi connectivity index (χ3v) is 2.88. The molecule has 0 amide bonds. The van der Waals surface area contributed by atoms with Gasteiger partial charge in [-0.05, 0) is 44.0 Å². The highest BCUT2D eigenvalue weighted by atomic mass is 19.4. The van der Waals surface area contributed by atoms with E-state index in [2.05, 4.69) is 5.32 Å². The summed E-state index contributed by atoms with van der Waals surface area (Å²) in [5.74, 6) is -0.831. The Kier molecular flexibility index (Phi) is 6.01. The number of carboxylic acid groups (broad SMARTS) is 1. The molecule has 1 rings (SSSR count). The molecule has 1 atom stereocenters. The lowest BCUT2D eigenvalue weighted by atomic mass is 10.0. The molecule has 1 unspecified atom stereocenters. The first-order valence-electron chi connectivity index (χ1n) is 6.40. The molecule has 0 aliphatic heterocycles. The van der Waals surface area contributed by atoms with Crippen LogP contribution < -0.4 is 5.32 Å². The minimum absolute atomic E-state index is 0.0838. The van der Waals surface area contributed by atoms with Gasteiger partial charge in [-0.15, -0.1) is 0 Å². The Morgan fingerprint density at radius 2 is 1.90 bits per heavy atom. The fourth-order valence-electron chi connectivity index (χ4n) is 1.84. The Labute approximate surface area is 115 Å². The number of carbonyl (C=O) groups is 1. The standard InChI is InChI=1S/C14H18F3NO2/c1-10(18-8-2-3-13(19)20)9-11-4-6-12(7-5-11)14(15,16)17/h4-7,10,18H,2-3,8-9H2,1H3,(H,19,20). The van der Waals surface area contributed by atoms with Crippen LogP contribution in [0.1, 0.15) is 30.9 Å². The monoisotopic (exact) mass is 289 g/mol. The van der Waals surface area contributed by atoms with Crippen LogP contribution in [-0.4, -0.2) is 23.7 Å². The van der Waals surface area contributed by atoms with Gasteiger partial charge in [0.1, 0.15) is 0 Å². The van der Waals surface area contributed by atoms with Crippen molar-refractivity contribution in [3.8, 4) is 0 Å². The summed E-state index contributed by atoms with van der Waals surface area (Å²) in [5, 5.41) is 11.6. The van der Waals surface area contributed by atoms with Crippen molar-refractivity contribution < 1.29 is 23.1 Å². The maximum absolute atomic E-state index is 12.4. The molecule has 0 saturated carbocycles. The number of hydrogen-bond acceptors (Lipinski definition) is 2. The van der Waals surface area contributed by atoms with Crippen LogP contribution in [0.25, 0.3) is 0 Å². The number of nitrogens with one attached hydrogen (secondary N) is 1. The second kappa shape index (κ2) is 7.28. The normalized spacial score (nSPS) is 13.2. The number of rotatable bonds is 7. The molecule has 0 radical (unpaired) electrons. The van der Waals surface area contributed by atoms with E-state index in [1.54, 1.807) is 0 Å². The number of hydrogen-bond donors (Lipinski definition) is 2.